The fourth-order valence-electron chi connectivity index (χ4n) is 2.71. The van der Waals surface area contributed by atoms with Crippen molar-refractivity contribution >= 4 is 5.91 Å². The maximum absolute atomic E-state index is 13.4. The van der Waals surface area contributed by atoms with Crippen molar-refractivity contribution in [2.45, 2.75) is 31.7 Å². The van der Waals surface area contributed by atoms with Crippen molar-refractivity contribution < 1.29 is 18.3 Å². The lowest BCUT2D eigenvalue weighted by atomic mass is 9.86. The number of rotatable bonds is 6. The zero-order chi connectivity index (χ0) is 15.9. The zero-order valence-corrected chi connectivity index (χ0v) is 12.7. The van der Waals surface area contributed by atoms with Crippen LogP contribution in [0.25, 0.3) is 0 Å². The molecular weight excluding hydrogens is 290 g/mol. The molecule has 122 valence electrons. The maximum Gasteiger partial charge on any atom is 0.246 e. The van der Waals surface area contributed by atoms with E-state index < -0.39 is 11.6 Å². The molecule has 0 saturated carbocycles. The molecule has 1 saturated heterocycles. The Labute approximate surface area is 129 Å². The summed E-state index contributed by atoms with van der Waals surface area (Å²) in [5.74, 6) is -1.93. The Morgan fingerprint density at radius 3 is 2.95 bits per heavy atom. The van der Waals surface area contributed by atoms with Crippen molar-refractivity contribution in [1.29, 1.82) is 0 Å². The highest BCUT2D eigenvalue weighted by atomic mass is 19.2. The predicted molar refractivity (Wildman–Crippen MR) is 79.6 cm³/mol. The van der Waals surface area contributed by atoms with Gasteiger partial charge in [-0.25, -0.2) is 8.78 Å². The molecule has 2 rings (SSSR count). The second-order valence-electron chi connectivity index (χ2n) is 5.50. The lowest BCUT2D eigenvalue weighted by Gasteiger charge is -2.33. The normalized spacial score (nSPS) is 21.6. The molecule has 2 N–H and O–H groups in total. The lowest BCUT2D eigenvalue weighted by molar-refractivity contribution is -0.126. The molecule has 0 radical (unpaired) electrons. The quantitative estimate of drug-likeness (QED) is 0.790. The number of carbonyl (C=O) groups excluding carboxylic acids is 1. The molecule has 4 nitrogen and oxygen atoms in total. The van der Waals surface area contributed by atoms with E-state index in [1.54, 1.807) is 6.07 Å². The van der Waals surface area contributed by atoms with Gasteiger partial charge in [0.15, 0.2) is 11.6 Å². The minimum Gasteiger partial charge on any atom is -0.372 e. The summed E-state index contributed by atoms with van der Waals surface area (Å²) in [5, 5.41) is 6.13. The van der Waals surface area contributed by atoms with Gasteiger partial charge in [-0.15, -0.1) is 0 Å². The molecule has 1 amide bonds. The predicted octanol–water partition coefficient (Wildman–Crippen LogP) is 1.95. The van der Waals surface area contributed by atoms with Gasteiger partial charge in [0.05, 0.1) is 0 Å². The van der Waals surface area contributed by atoms with Gasteiger partial charge >= 0.3 is 0 Å². The molecule has 1 aromatic rings. The summed E-state index contributed by atoms with van der Waals surface area (Å²) in [4.78, 5) is 11.9. The molecule has 1 aromatic carbocycles. The molecule has 1 aliphatic heterocycles. The number of amides is 1. The van der Waals surface area contributed by atoms with Crippen LogP contribution in [-0.4, -0.2) is 38.3 Å². The van der Waals surface area contributed by atoms with Gasteiger partial charge in [0.1, 0.15) is 6.61 Å². The van der Waals surface area contributed by atoms with E-state index in [1.807, 2.05) is 6.92 Å². The van der Waals surface area contributed by atoms with Gasteiger partial charge in [0.25, 0.3) is 0 Å². The number of piperidine rings is 1. The first-order valence-corrected chi connectivity index (χ1v) is 7.64. The average molecular weight is 312 g/mol. The van der Waals surface area contributed by atoms with Gasteiger partial charge in [0, 0.05) is 25.1 Å². The van der Waals surface area contributed by atoms with E-state index in [0.29, 0.717) is 18.7 Å². The van der Waals surface area contributed by atoms with E-state index in [9.17, 15) is 13.6 Å². The van der Waals surface area contributed by atoms with Crippen molar-refractivity contribution in [2.75, 3.05) is 26.3 Å². The molecule has 0 spiro atoms. The highest BCUT2D eigenvalue weighted by molar-refractivity contribution is 5.77. The molecule has 0 aromatic heterocycles. The molecule has 1 fully saturated rings. The van der Waals surface area contributed by atoms with Crippen LogP contribution in [0.5, 0.6) is 0 Å². The number of halogens is 2. The van der Waals surface area contributed by atoms with Gasteiger partial charge in [-0.05, 0) is 37.1 Å². The average Bonchev–Trinajstić information content (AvgIpc) is 2.51. The maximum atomic E-state index is 13.4. The number of carbonyl (C=O) groups is 1. The van der Waals surface area contributed by atoms with Crippen LogP contribution >= 0.6 is 0 Å². The Balaban J connectivity index is 2.01. The van der Waals surface area contributed by atoms with Crippen LogP contribution in [0, 0.1) is 11.6 Å². The third-order valence-electron chi connectivity index (χ3n) is 3.78. The van der Waals surface area contributed by atoms with Crippen molar-refractivity contribution in [2.24, 2.45) is 0 Å². The monoisotopic (exact) mass is 312 g/mol. The fourth-order valence-corrected chi connectivity index (χ4v) is 2.71. The number of nitrogens with one attached hydrogen (secondary N) is 2. The van der Waals surface area contributed by atoms with Crippen LogP contribution in [0.15, 0.2) is 18.2 Å². The second kappa shape index (κ2) is 8.19. The Kier molecular flexibility index (Phi) is 6.27. The van der Waals surface area contributed by atoms with Gasteiger partial charge in [0.2, 0.25) is 5.91 Å². The first-order valence-electron chi connectivity index (χ1n) is 7.64. The van der Waals surface area contributed by atoms with E-state index in [1.165, 1.54) is 6.07 Å². The minimum absolute atomic E-state index is 0.0227. The first-order chi connectivity index (χ1) is 10.6. The Morgan fingerprint density at radius 2 is 2.23 bits per heavy atom. The largest absolute Gasteiger partial charge is 0.372 e. The van der Waals surface area contributed by atoms with E-state index in [0.717, 1.165) is 25.5 Å². The summed E-state index contributed by atoms with van der Waals surface area (Å²) in [6, 6.07) is 3.78. The van der Waals surface area contributed by atoms with Crippen molar-refractivity contribution in [3.63, 3.8) is 0 Å². The molecule has 0 aliphatic carbocycles. The summed E-state index contributed by atoms with van der Waals surface area (Å²) in [7, 11) is 0. The van der Waals surface area contributed by atoms with Crippen LogP contribution in [0.2, 0.25) is 0 Å². The van der Waals surface area contributed by atoms with Crippen molar-refractivity contribution in [1.82, 2.24) is 10.6 Å². The molecule has 2 unspecified atom stereocenters. The summed E-state index contributed by atoms with van der Waals surface area (Å²) >= 11 is 0. The first kappa shape index (κ1) is 16.8. The van der Waals surface area contributed by atoms with E-state index >= 15 is 0 Å². The van der Waals surface area contributed by atoms with Gasteiger partial charge in [-0.3, -0.25) is 4.79 Å². The summed E-state index contributed by atoms with van der Waals surface area (Å²) < 4.78 is 31.7. The topological polar surface area (TPSA) is 50.4 Å². The number of ether oxygens (including phenoxy) is 1. The smallest absolute Gasteiger partial charge is 0.246 e. The van der Waals surface area contributed by atoms with Crippen LogP contribution in [-0.2, 0) is 9.53 Å². The van der Waals surface area contributed by atoms with Crippen LogP contribution in [0.1, 0.15) is 31.2 Å². The SMILES string of the molecule is CCCOCC(=O)NC1CNCCC1c1ccc(F)c(F)c1. The van der Waals surface area contributed by atoms with Crippen LogP contribution in [0.4, 0.5) is 8.78 Å². The number of hydrogen-bond donors (Lipinski definition) is 2. The summed E-state index contributed by atoms with van der Waals surface area (Å²) in [5.41, 5.74) is 0.708. The van der Waals surface area contributed by atoms with E-state index in [2.05, 4.69) is 10.6 Å². The highest BCUT2D eigenvalue weighted by Gasteiger charge is 2.28. The van der Waals surface area contributed by atoms with Gasteiger partial charge < -0.3 is 15.4 Å². The Morgan fingerprint density at radius 1 is 1.41 bits per heavy atom. The third-order valence-corrected chi connectivity index (χ3v) is 3.78. The van der Waals surface area contributed by atoms with Crippen LogP contribution < -0.4 is 10.6 Å². The zero-order valence-electron chi connectivity index (χ0n) is 12.7. The van der Waals surface area contributed by atoms with E-state index in [-0.39, 0.29) is 24.5 Å². The molecule has 1 aliphatic rings. The molecule has 6 heteroatoms. The fraction of sp³-hybridized carbons (Fsp3) is 0.562. The molecule has 2 atom stereocenters. The van der Waals surface area contributed by atoms with Gasteiger partial charge in [-0.2, -0.15) is 0 Å². The standard InChI is InChI=1S/C16H22F2N2O2/c1-2-7-22-10-16(21)20-15-9-19-6-5-12(15)11-3-4-13(17)14(18)8-11/h3-4,8,12,15,19H,2,5-7,9-10H2,1H3,(H,20,21). The molecule has 0 bridgehead atoms. The van der Waals surface area contributed by atoms with Crippen molar-refractivity contribution in [3.8, 4) is 0 Å². The molecular formula is C16H22F2N2O2. The minimum atomic E-state index is -0.855. The summed E-state index contributed by atoms with van der Waals surface area (Å²) in [6.45, 7) is 3.92. The molecule has 1 heterocycles. The van der Waals surface area contributed by atoms with Crippen LogP contribution in [0.3, 0.4) is 0 Å². The summed E-state index contributed by atoms with van der Waals surface area (Å²) in [6.07, 6.45) is 1.61. The lowest BCUT2D eigenvalue weighted by Crippen LogP contribution is -2.50. The Hall–Kier alpha value is -1.53. The number of benzene rings is 1. The number of hydrogen-bond acceptors (Lipinski definition) is 3. The highest BCUT2D eigenvalue weighted by Crippen LogP contribution is 2.26. The third kappa shape index (κ3) is 4.48. The van der Waals surface area contributed by atoms with Crippen molar-refractivity contribution in [3.05, 3.63) is 35.4 Å². The van der Waals surface area contributed by atoms with E-state index in [4.69, 9.17) is 4.74 Å². The Bertz CT molecular complexity index is 511. The second-order valence-corrected chi connectivity index (χ2v) is 5.50. The molecule has 22 heavy (non-hydrogen) atoms. The van der Waals surface area contributed by atoms with Gasteiger partial charge in [-0.1, -0.05) is 13.0 Å².